The van der Waals surface area contributed by atoms with E-state index < -0.39 is 11.9 Å². The molecule has 1 aliphatic carbocycles. The van der Waals surface area contributed by atoms with Crippen LogP contribution < -0.4 is 5.32 Å². The Morgan fingerprint density at radius 2 is 2.40 bits per heavy atom. The Hall–Kier alpha value is -0.680. The van der Waals surface area contributed by atoms with Crippen molar-refractivity contribution in [3.63, 3.8) is 0 Å². The van der Waals surface area contributed by atoms with Crippen LogP contribution in [0, 0.1) is 11.7 Å². The maximum atomic E-state index is 13.3. The summed E-state index contributed by atoms with van der Waals surface area (Å²) < 4.78 is 13.9. The van der Waals surface area contributed by atoms with Crippen LogP contribution in [-0.4, -0.2) is 22.7 Å². The molecule has 0 radical (unpaired) electrons. The molecular formula is C10H12BrFN2O. The number of nitrogens with zero attached hydrogens (tertiary/aromatic N) is 1. The Labute approximate surface area is 95.8 Å². The van der Waals surface area contributed by atoms with Crippen LogP contribution in [0.25, 0.3) is 0 Å². The van der Waals surface area contributed by atoms with E-state index in [1.807, 2.05) is 0 Å². The van der Waals surface area contributed by atoms with Crippen molar-refractivity contribution in [2.24, 2.45) is 5.92 Å². The second-order valence-corrected chi connectivity index (χ2v) is 4.69. The largest absolute Gasteiger partial charge is 0.391 e. The first kappa shape index (κ1) is 10.8. The van der Waals surface area contributed by atoms with Crippen molar-refractivity contribution in [3.05, 3.63) is 22.6 Å². The third-order valence-electron chi connectivity index (χ3n) is 2.45. The molecule has 0 spiro atoms. The lowest BCUT2D eigenvalue weighted by Gasteiger charge is -2.11. The van der Waals surface area contributed by atoms with Gasteiger partial charge < -0.3 is 10.4 Å². The highest BCUT2D eigenvalue weighted by atomic mass is 79.9. The Balaban J connectivity index is 1.92. The minimum atomic E-state index is -0.410. The van der Waals surface area contributed by atoms with Crippen LogP contribution in [0.15, 0.2) is 16.7 Å². The molecule has 0 aromatic carbocycles. The summed E-state index contributed by atoms with van der Waals surface area (Å²) in [6.07, 6.45) is 3.27. The second kappa shape index (κ2) is 4.45. The van der Waals surface area contributed by atoms with Crippen molar-refractivity contribution in [2.75, 3.05) is 11.9 Å². The molecule has 1 unspecified atom stereocenters. The molecule has 1 saturated carbocycles. The number of halogens is 2. The highest BCUT2D eigenvalue weighted by molar-refractivity contribution is 9.10. The van der Waals surface area contributed by atoms with Crippen molar-refractivity contribution in [3.8, 4) is 0 Å². The van der Waals surface area contributed by atoms with Crippen LogP contribution in [0.5, 0.6) is 0 Å². The molecule has 1 aromatic heterocycles. The van der Waals surface area contributed by atoms with Gasteiger partial charge in [-0.25, -0.2) is 9.37 Å². The Bertz CT molecular complexity index is 357. The van der Waals surface area contributed by atoms with Gasteiger partial charge in [0.15, 0.2) is 11.6 Å². The van der Waals surface area contributed by atoms with E-state index in [9.17, 15) is 9.50 Å². The topological polar surface area (TPSA) is 45.1 Å². The van der Waals surface area contributed by atoms with Gasteiger partial charge in [0, 0.05) is 17.2 Å². The average Bonchev–Trinajstić information content (AvgIpc) is 2.99. The maximum absolute atomic E-state index is 13.3. The first-order chi connectivity index (χ1) is 7.16. The number of pyridine rings is 1. The summed E-state index contributed by atoms with van der Waals surface area (Å²) in [6, 6.07) is 1.35. The summed E-state index contributed by atoms with van der Waals surface area (Å²) in [4.78, 5) is 3.89. The van der Waals surface area contributed by atoms with E-state index in [1.165, 1.54) is 12.3 Å². The first-order valence-electron chi connectivity index (χ1n) is 4.90. The molecular weight excluding hydrogens is 263 g/mol. The Morgan fingerprint density at radius 1 is 1.67 bits per heavy atom. The zero-order valence-electron chi connectivity index (χ0n) is 8.08. The highest BCUT2D eigenvalue weighted by Crippen LogP contribution is 2.32. The third-order valence-corrected chi connectivity index (χ3v) is 2.89. The Morgan fingerprint density at radius 3 is 3.00 bits per heavy atom. The summed E-state index contributed by atoms with van der Waals surface area (Å²) in [7, 11) is 0. The van der Waals surface area contributed by atoms with E-state index >= 15 is 0 Å². The van der Waals surface area contributed by atoms with E-state index in [0.717, 1.165) is 12.8 Å². The molecule has 2 N–H and O–H groups in total. The molecule has 2 rings (SSSR count). The van der Waals surface area contributed by atoms with Crippen LogP contribution in [-0.2, 0) is 0 Å². The van der Waals surface area contributed by atoms with Crippen molar-refractivity contribution < 1.29 is 9.50 Å². The molecule has 1 aromatic rings. The van der Waals surface area contributed by atoms with Gasteiger partial charge in [0.25, 0.3) is 0 Å². The SMILES string of the molecule is OC(CNc1ncc(Br)cc1F)C1CC1. The predicted octanol–water partition coefficient (Wildman–Crippen LogP) is 2.17. The van der Waals surface area contributed by atoms with Crippen molar-refractivity contribution in [1.82, 2.24) is 4.98 Å². The minimum absolute atomic E-state index is 0.193. The van der Waals surface area contributed by atoms with Crippen LogP contribution in [0.4, 0.5) is 10.2 Å². The maximum Gasteiger partial charge on any atom is 0.166 e. The number of aliphatic hydroxyl groups is 1. The zero-order chi connectivity index (χ0) is 10.8. The van der Waals surface area contributed by atoms with E-state index in [4.69, 9.17) is 0 Å². The van der Waals surface area contributed by atoms with Gasteiger partial charge in [0.2, 0.25) is 0 Å². The molecule has 5 heteroatoms. The fraction of sp³-hybridized carbons (Fsp3) is 0.500. The van der Waals surface area contributed by atoms with Gasteiger partial charge in [-0.15, -0.1) is 0 Å². The summed E-state index contributed by atoms with van der Waals surface area (Å²) >= 11 is 3.13. The van der Waals surface area contributed by atoms with E-state index in [1.54, 1.807) is 0 Å². The van der Waals surface area contributed by atoms with Gasteiger partial charge in [-0.3, -0.25) is 0 Å². The van der Waals surface area contributed by atoms with Gasteiger partial charge in [0.05, 0.1) is 6.10 Å². The van der Waals surface area contributed by atoms with Gasteiger partial charge in [-0.1, -0.05) is 0 Å². The molecule has 1 aliphatic rings. The smallest absolute Gasteiger partial charge is 0.166 e. The molecule has 15 heavy (non-hydrogen) atoms. The number of aromatic nitrogens is 1. The minimum Gasteiger partial charge on any atom is -0.391 e. The summed E-state index contributed by atoms with van der Waals surface area (Å²) in [6.45, 7) is 0.357. The molecule has 0 bridgehead atoms. The molecule has 0 amide bonds. The average molecular weight is 275 g/mol. The fourth-order valence-corrected chi connectivity index (χ4v) is 1.70. The summed E-state index contributed by atoms with van der Waals surface area (Å²) in [5.74, 6) is 0.168. The van der Waals surface area contributed by atoms with Crippen molar-refractivity contribution in [2.45, 2.75) is 18.9 Å². The quantitative estimate of drug-likeness (QED) is 0.885. The van der Waals surface area contributed by atoms with Crippen LogP contribution in [0.1, 0.15) is 12.8 Å². The fourth-order valence-electron chi connectivity index (χ4n) is 1.39. The Kier molecular flexibility index (Phi) is 3.21. The van der Waals surface area contributed by atoms with Gasteiger partial charge >= 0.3 is 0 Å². The lowest BCUT2D eigenvalue weighted by molar-refractivity contribution is 0.164. The molecule has 0 aliphatic heterocycles. The zero-order valence-corrected chi connectivity index (χ0v) is 9.67. The molecule has 1 fully saturated rings. The monoisotopic (exact) mass is 274 g/mol. The summed E-state index contributed by atoms with van der Waals surface area (Å²) in [5, 5.41) is 12.4. The molecule has 1 heterocycles. The lowest BCUT2D eigenvalue weighted by atomic mass is 10.2. The second-order valence-electron chi connectivity index (χ2n) is 3.77. The normalized spacial score (nSPS) is 17.5. The van der Waals surface area contributed by atoms with Crippen LogP contribution in [0.3, 0.4) is 0 Å². The van der Waals surface area contributed by atoms with Crippen molar-refractivity contribution in [1.29, 1.82) is 0 Å². The predicted molar refractivity (Wildman–Crippen MR) is 59.1 cm³/mol. The number of aliphatic hydroxyl groups excluding tert-OH is 1. The lowest BCUT2D eigenvalue weighted by Crippen LogP contribution is -2.22. The van der Waals surface area contributed by atoms with Crippen LogP contribution in [0.2, 0.25) is 0 Å². The third kappa shape index (κ3) is 2.89. The van der Waals surface area contributed by atoms with E-state index in [2.05, 4.69) is 26.2 Å². The van der Waals surface area contributed by atoms with Gasteiger partial charge in [-0.05, 0) is 40.8 Å². The molecule has 82 valence electrons. The van der Waals surface area contributed by atoms with Crippen molar-refractivity contribution >= 4 is 21.7 Å². The first-order valence-corrected chi connectivity index (χ1v) is 5.69. The van der Waals surface area contributed by atoms with E-state index in [-0.39, 0.29) is 5.82 Å². The molecule has 1 atom stereocenters. The highest BCUT2D eigenvalue weighted by Gasteiger charge is 2.29. The standard InChI is InChI=1S/C10H12BrFN2O/c11-7-3-8(12)10(13-4-7)14-5-9(15)6-1-2-6/h3-4,6,9,15H,1-2,5H2,(H,13,14). The number of hydrogen-bond acceptors (Lipinski definition) is 3. The number of rotatable bonds is 4. The van der Waals surface area contributed by atoms with E-state index in [0.29, 0.717) is 16.9 Å². The number of anilines is 1. The van der Waals surface area contributed by atoms with Gasteiger partial charge in [-0.2, -0.15) is 0 Å². The summed E-state index contributed by atoms with van der Waals surface area (Å²) in [5.41, 5.74) is 0. The number of hydrogen-bond donors (Lipinski definition) is 2. The van der Waals surface area contributed by atoms with Crippen LogP contribution >= 0.6 is 15.9 Å². The number of nitrogens with one attached hydrogen (secondary N) is 1. The molecule has 3 nitrogen and oxygen atoms in total. The molecule has 0 saturated heterocycles. The van der Waals surface area contributed by atoms with Gasteiger partial charge in [0.1, 0.15) is 0 Å².